The average Bonchev–Trinajstić information content (AvgIpc) is 2.94. The number of benzene rings is 1. The lowest BCUT2D eigenvalue weighted by Crippen LogP contribution is -2.40. The van der Waals surface area contributed by atoms with Crippen molar-refractivity contribution in [3.8, 4) is 0 Å². The lowest BCUT2D eigenvalue weighted by atomic mass is 9.96. The molecule has 3 rings (SSSR count). The number of hydrogen-bond acceptors (Lipinski definition) is 3. The van der Waals surface area contributed by atoms with Gasteiger partial charge in [-0.1, -0.05) is 30.3 Å². The Kier molecular flexibility index (Phi) is 3.59. The van der Waals surface area contributed by atoms with Crippen LogP contribution in [0.15, 0.2) is 41.8 Å². The number of thiophene rings is 1. The summed E-state index contributed by atoms with van der Waals surface area (Å²) in [5.74, 6) is -0.757. The van der Waals surface area contributed by atoms with Crippen LogP contribution >= 0.6 is 11.3 Å². The summed E-state index contributed by atoms with van der Waals surface area (Å²) in [6.45, 7) is 2.88. The Hall–Kier alpha value is -1.65. The second kappa shape index (κ2) is 5.38. The van der Waals surface area contributed by atoms with Gasteiger partial charge < -0.3 is 5.11 Å². The fourth-order valence-corrected chi connectivity index (χ4v) is 3.85. The number of aliphatic carboxylic acids is 1. The molecule has 20 heavy (non-hydrogen) atoms. The number of nitrogens with zero attached hydrogens (tertiary/aromatic N) is 1. The third-order valence-electron chi connectivity index (χ3n) is 4.02. The van der Waals surface area contributed by atoms with Crippen LogP contribution in [-0.2, 0) is 11.2 Å². The van der Waals surface area contributed by atoms with E-state index in [-0.39, 0.29) is 6.04 Å². The monoisotopic (exact) mass is 287 g/mol. The molecule has 0 bridgehead atoms. The minimum Gasteiger partial charge on any atom is -0.480 e. The Balaban J connectivity index is 1.95. The zero-order valence-corrected chi connectivity index (χ0v) is 12.1. The summed E-state index contributed by atoms with van der Waals surface area (Å²) in [6.07, 6.45) is 0.938. The lowest BCUT2D eigenvalue weighted by molar-refractivity contribution is -0.145. The van der Waals surface area contributed by atoms with Crippen molar-refractivity contribution >= 4 is 17.3 Å². The van der Waals surface area contributed by atoms with E-state index in [0.29, 0.717) is 0 Å². The summed E-state index contributed by atoms with van der Waals surface area (Å²) in [5.41, 5.74) is 2.13. The number of fused-ring (bicyclic) bond motifs is 1. The molecule has 4 heteroatoms. The Morgan fingerprint density at radius 1 is 1.35 bits per heavy atom. The largest absolute Gasteiger partial charge is 0.480 e. The first-order valence-electron chi connectivity index (χ1n) is 6.78. The van der Waals surface area contributed by atoms with Crippen molar-refractivity contribution in [2.75, 3.05) is 6.54 Å². The van der Waals surface area contributed by atoms with E-state index in [9.17, 15) is 9.90 Å². The van der Waals surface area contributed by atoms with Crippen LogP contribution < -0.4 is 0 Å². The summed E-state index contributed by atoms with van der Waals surface area (Å²) < 4.78 is 0. The van der Waals surface area contributed by atoms with Gasteiger partial charge in [0.15, 0.2) is 0 Å². The maximum absolute atomic E-state index is 11.7. The average molecular weight is 287 g/mol. The number of carboxylic acids is 1. The second-order valence-corrected chi connectivity index (χ2v) is 6.12. The van der Waals surface area contributed by atoms with E-state index in [1.165, 1.54) is 4.88 Å². The molecule has 0 saturated carbocycles. The summed E-state index contributed by atoms with van der Waals surface area (Å²) in [5, 5.41) is 11.6. The third-order valence-corrected chi connectivity index (χ3v) is 5.01. The minimum absolute atomic E-state index is 0.102. The Morgan fingerprint density at radius 3 is 2.80 bits per heavy atom. The molecular formula is C16H17NO2S. The Morgan fingerprint density at radius 2 is 2.10 bits per heavy atom. The molecule has 0 radical (unpaired) electrons. The molecule has 1 aliphatic heterocycles. The van der Waals surface area contributed by atoms with Gasteiger partial charge >= 0.3 is 5.97 Å². The zero-order valence-electron chi connectivity index (χ0n) is 11.3. The van der Waals surface area contributed by atoms with E-state index in [4.69, 9.17) is 0 Å². The van der Waals surface area contributed by atoms with Gasteiger partial charge in [0, 0.05) is 17.5 Å². The van der Waals surface area contributed by atoms with Crippen LogP contribution in [0.5, 0.6) is 0 Å². The predicted octanol–water partition coefficient (Wildman–Crippen LogP) is 3.49. The molecular weight excluding hydrogens is 270 g/mol. The van der Waals surface area contributed by atoms with Gasteiger partial charge in [0.25, 0.3) is 0 Å². The van der Waals surface area contributed by atoms with Crippen LogP contribution in [-0.4, -0.2) is 22.5 Å². The van der Waals surface area contributed by atoms with Gasteiger partial charge in [-0.05, 0) is 35.9 Å². The van der Waals surface area contributed by atoms with Gasteiger partial charge in [-0.3, -0.25) is 9.69 Å². The van der Waals surface area contributed by atoms with Gasteiger partial charge in [-0.2, -0.15) is 0 Å². The fraction of sp³-hybridized carbons (Fsp3) is 0.312. The highest BCUT2D eigenvalue weighted by Crippen LogP contribution is 2.38. The maximum Gasteiger partial charge on any atom is 0.325 e. The molecule has 2 unspecified atom stereocenters. The van der Waals surface area contributed by atoms with E-state index < -0.39 is 12.0 Å². The quantitative estimate of drug-likeness (QED) is 0.939. The first-order chi connectivity index (χ1) is 9.68. The van der Waals surface area contributed by atoms with Crippen LogP contribution in [0, 0.1) is 0 Å². The van der Waals surface area contributed by atoms with Crippen molar-refractivity contribution in [3.05, 3.63) is 57.8 Å². The van der Waals surface area contributed by atoms with Crippen LogP contribution in [0.25, 0.3) is 0 Å². The minimum atomic E-state index is -0.757. The van der Waals surface area contributed by atoms with Crippen LogP contribution in [0.3, 0.4) is 0 Å². The molecule has 1 aromatic carbocycles. The SMILES string of the molecule is CC(c1ccccc1)N1CCc2sccc2C1C(=O)O. The zero-order chi connectivity index (χ0) is 14.1. The number of rotatable bonds is 3. The molecule has 0 saturated heterocycles. The van der Waals surface area contributed by atoms with E-state index in [0.717, 1.165) is 24.1 Å². The van der Waals surface area contributed by atoms with Crippen molar-refractivity contribution in [1.29, 1.82) is 0 Å². The summed E-state index contributed by atoms with van der Waals surface area (Å²) in [4.78, 5) is 15.0. The Labute approximate surface area is 122 Å². The summed E-state index contributed by atoms with van der Waals surface area (Å²) in [7, 11) is 0. The maximum atomic E-state index is 11.7. The third kappa shape index (κ3) is 2.25. The number of carboxylic acid groups (broad SMARTS) is 1. The molecule has 2 aromatic rings. The molecule has 0 aliphatic carbocycles. The molecule has 1 aliphatic rings. The molecule has 0 spiro atoms. The van der Waals surface area contributed by atoms with E-state index in [2.05, 4.69) is 24.0 Å². The van der Waals surface area contributed by atoms with E-state index in [1.807, 2.05) is 29.6 Å². The normalized spacial score (nSPS) is 20.4. The van der Waals surface area contributed by atoms with Crippen molar-refractivity contribution in [2.45, 2.75) is 25.4 Å². The van der Waals surface area contributed by atoms with Gasteiger partial charge in [0.1, 0.15) is 6.04 Å². The first kappa shape index (κ1) is 13.3. The second-order valence-electron chi connectivity index (χ2n) is 5.11. The van der Waals surface area contributed by atoms with Gasteiger partial charge in [-0.25, -0.2) is 0 Å². The van der Waals surface area contributed by atoms with Crippen LogP contribution in [0.2, 0.25) is 0 Å². The standard InChI is InChI=1S/C16H17NO2S/c1-11(12-5-3-2-4-6-12)17-9-7-14-13(8-10-20-14)15(17)16(18)19/h2-6,8,10-11,15H,7,9H2,1H3,(H,18,19). The van der Waals surface area contributed by atoms with Crippen LogP contribution in [0.4, 0.5) is 0 Å². The van der Waals surface area contributed by atoms with Crippen molar-refractivity contribution < 1.29 is 9.90 Å². The molecule has 0 fully saturated rings. The molecule has 0 amide bonds. The highest BCUT2D eigenvalue weighted by atomic mass is 32.1. The number of carbonyl (C=O) groups is 1. The smallest absolute Gasteiger partial charge is 0.325 e. The van der Waals surface area contributed by atoms with Gasteiger partial charge in [0.2, 0.25) is 0 Å². The van der Waals surface area contributed by atoms with Gasteiger partial charge in [0.05, 0.1) is 0 Å². The topological polar surface area (TPSA) is 40.5 Å². The highest BCUT2D eigenvalue weighted by Gasteiger charge is 2.36. The lowest BCUT2D eigenvalue weighted by Gasteiger charge is -2.37. The van der Waals surface area contributed by atoms with E-state index >= 15 is 0 Å². The van der Waals surface area contributed by atoms with Gasteiger partial charge in [-0.15, -0.1) is 11.3 Å². The summed E-state index contributed by atoms with van der Waals surface area (Å²) in [6, 6.07) is 11.6. The molecule has 1 N–H and O–H groups in total. The van der Waals surface area contributed by atoms with Crippen molar-refractivity contribution in [2.24, 2.45) is 0 Å². The molecule has 104 valence electrons. The Bertz CT molecular complexity index is 608. The van der Waals surface area contributed by atoms with Crippen LogP contribution in [0.1, 0.15) is 35.0 Å². The van der Waals surface area contributed by atoms with Crippen molar-refractivity contribution in [1.82, 2.24) is 4.90 Å². The highest BCUT2D eigenvalue weighted by molar-refractivity contribution is 7.10. The first-order valence-corrected chi connectivity index (χ1v) is 7.66. The molecule has 2 atom stereocenters. The molecule has 2 heterocycles. The fourth-order valence-electron chi connectivity index (χ4n) is 2.95. The molecule has 1 aromatic heterocycles. The van der Waals surface area contributed by atoms with E-state index in [1.54, 1.807) is 11.3 Å². The number of hydrogen-bond donors (Lipinski definition) is 1. The van der Waals surface area contributed by atoms with Crippen molar-refractivity contribution in [3.63, 3.8) is 0 Å². The summed E-state index contributed by atoms with van der Waals surface area (Å²) >= 11 is 1.67. The molecule has 3 nitrogen and oxygen atoms in total. The predicted molar refractivity (Wildman–Crippen MR) is 80.0 cm³/mol.